The van der Waals surface area contributed by atoms with Crippen LogP contribution in [0.25, 0.3) is 11.5 Å². The van der Waals surface area contributed by atoms with E-state index in [0.717, 1.165) is 5.56 Å². The van der Waals surface area contributed by atoms with Crippen molar-refractivity contribution in [2.45, 2.75) is 20.0 Å². The lowest BCUT2D eigenvalue weighted by atomic mass is 10.2. The average molecular weight is 483 g/mol. The van der Waals surface area contributed by atoms with E-state index in [-0.39, 0.29) is 18.1 Å². The maximum Gasteiger partial charge on any atom is 0.275 e. The monoisotopic (exact) mass is 482 g/mol. The lowest BCUT2D eigenvalue weighted by molar-refractivity contribution is 0.0946. The topological polar surface area (TPSA) is 130 Å². The Bertz CT molecular complexity index is 1320. The van der Waals surface area contributed by atoms with Crippen molar-refractivity contribution in [1.82, 2.24) is 25.3 Å². The molecule has 4 aromatic rings. The van der Waals surface area contributed by atoms with Gasteiger partial charge in [0.25, 0.3) is 5.91 Å². The highest BCUT2D eigenvalue weighted by molar-refractivity contribution is 6.30. The number of nitrogens with one attached hydrogen (secondary N) is 1. The number of carbonyl (C=O) groups is 1. The van der Waals surface area contributed by atoms with E-state index in [1.807, 2.05) is 12.1 Å². The molecule has 0 aliphatic heterocycles. The number of rotatable bonds is 8. The molecular weight excluding hydrogens is 460 g/mol. The second-order valence-electron chi connectivity index (χ2n) is 7.38. The minimum atomic E-state index is -0.431. The molecule has 0 fully saturated rings. The summed E-state index contributed by atoms with van der Waals surface area (Å²) >= 11 is 5.89. The zero-order chi connectivity index (χ0) is 24.2. The summed E-state index contributed by atoms with van der Waals surface area (Å²) in [6.07, 6.45) is 0. The highest BCUT2D eigenvalue weighted by Crippen LogP contribution is 2.33. The Morgan fingerprint density at radius 2 is 1.94 bits per heavy atom. The number of nitrogens with two attached hydrogens (primary N) is 1. The third-order valence-electron chi connectivity index (χ3n) is 5.19. The lowest BCUT2D eigenvalue weighted by Crippen LogP contribution is -2.24. The van der Waals surface area contributed by atoms with Gasteiger partial charge in [0, 0.05) is 17.6 Å². The molecule has 0 unspecified atom stereocenters. The number of halogens is 1. The average Bonchev–Trinajstić information content (AvgIpc) is 3.40. The van der Waals surface area contributed by atoms with Crippen molar-refractivity contribution in [2.24, 2.45) is 0 Å². The Balaban J connectivity index is 1.49. The molecule has 3 N–H and O–H groups in total. The van der Waals surface area contributed by atoms with Crippen molar-refractivity contribution in [3.8, 4) is 23.0 Å². The van der Waals surface area contributed by atoms with Crippen LogP contribution in [0.3, 0.4) is 0 Å². The van der Waals surface area contributed by atoms with Gasteiger partial charge in [0.05, 0.1) is 26.3 Å². The number of hydrogen-bond donors (Lipinski definition) is 2. The molecule has 2 heterocycles. The Morgan fingerprint density at radius 1 is 1.18 bits per heavy atom. The second kappa shape index (κ2) is 9.84. The Morgan fingerprint density at radius 3 is 2.65 bits per heavy atom. The zero-order valence-electron chi connectivity index (χ0n) is 18.8. The quantitative estimate of drug-likeness (QED) is 0.390. The van der Waals surface area contributed by atoms with E-state index in [4.69, 9.17) is 31.2 Å². The molecule has 2 aromatic carbocycles. The summed E-state index contributed by atoms with van der Waals surface area (Å²) in [6.45, 7) is 2.27. The normalized spacial score (nSPS) is 10.8. The number of nitrogen functional groups attached to an aromatic ring is 1. The van der Waals surface area contributed by atoms with Crippen LogP contribution in [-0.4, -0.2) is 40.1 Å². The van der Waals surface area contributed by atoms with Crippen LogP contribution in [0, 0.1) is 6.92 Å². The maximum absolute atomic E-state index is 12.6. The van der Waals surface area contributed by atoms with Gasteiger partial charge < -0.3 is 24.9 Å². The van der Waals surface area contributed by atoms with E-state index >= 15 is 0 Å². The van der Waals surface area contributed by atoms with Gasteiger partial charge in [0.1, 0.15) is 23.0 Å². The van der Waals surface area contributed by atoms with Gasteiger partial charge in [-0.25, -0.2) is 9.67 Å². The first-order valence-corrected chi connectivity index (χ1v) is 10.7. The van der Waals surface area contributed by atoms with Crippen molar-refractivity contribution in [3.05, 3.63) is 70.2 Å². The van der Waals surface area contributed by atoms with Gasteiger partial charge in [0.2, 0.25) is 5.89 Å². The predicted molar refractivity (Wildman–Crippen MR) is 126 cm³/mol. The predicted octanol–water partition coefficient (Wildman–Crippen LogP) is 3.47. The summed E-state index contributed by atoms with van der Waals surface area (Å²) in [5, 5.41) is 11.4. The number of hydrogen-bond acceptors (Lipinski definition) is 8. The third kappa shape index (κ3) is 4.81. The molecule has 34 heavy (non-hydrogen) atoms. The minimum Gasteiger partial charge on any atom is -0.497 e. The van der Waals surface area contributed by atoms with Crippen molar-refractivity contribution in [2.75, 3.05) is 20.0 Å². The van der Waals surface area contributed by atoms with E-state index in [9.17, 15) is 4.79 Å². The van der Waals surface area contributed by atoms with Crippen LogP contribution in [-0.2, 0) is 13.1 Å². The first-order chi connectivity index (χ1) is 16.4. The summed E-state index contributed by atoms with van der Waals surface area (Å²) in [6, 6.07) is 12.5. The van der Waals surface area contributed by atoms with E-state index in [1.165, 1.54) is 4.68 Å². The molecule has 4 rings (SSSR count). The Hall–Kier alpha value is -4.05. The van der Waals surface area contributed by atoms with E-state index in [1.54, 1.807) is 51.5 Å². The van der Waals surface area contributed by atoms with Crippen LogP contribution < -0.4 is 20.5 Å². The molecule has 0 bridgehead atoms. The number of amides is 1. The number of aromatic nitrogens is 4. The van der Waals surface area contributed by atoms with E-state index in [0.29, 0.717) is 46.0 Å². The molecule has 0 aliphatic carbocycles. The van der Waals surface area contributed by atoms with Gasteiger partial charge in [-0.15, -0.1) is 5.10 Å². The Kier molecular flexibility index (Phi) is 6.69. The van der Waals surface area contributed by atoms with Crippen molar-refractivity contribution in [1.29, 1.82) is 0 Å². The van der Waals surface area contributed by atoms with Crippen molar-refractivity contribution < 1.29 is 18.7 Å². The maximum atomic E-state index is 12.6. The SMILES string of the molecule is COc1ccc(-c2nc(Cn3nnc(C(=O)NCc4ccc(Cl)cc4)c3N)c(C)o2)c(OC)c1. The molecule has 0 aliphatic rings. The number of methoxy groups -OCH3 is 2. The number of anilines is 1. The summed E-state index contributed by atoms with van der Waals surface area (Å²) in [4.78, 5) is 17.1. The van der Waals surface area contributed by atoms with Gasteiger partial charge in [-0.2, -0.15) is 0 Å². The molecule has 176 valence electrons. The minimum absolute atomic E-state index is 0.0344. The highest BCUT2D eigenvalue weighted by Gasteiger charge is 2.21. The van der Waals surface area contributed by atoms with Crippen molar-refractivity contribution >= 4 is 23.3 Å². The summed E-state index contributed by atoms with van der Waals surface area (Å²) in [7, 11) is 3.14. The Labute approximate surface area is 200 Å². The van der Waals surface area contributed by atoms with Crippen molar-refractivity contribution in [3.63, 3.8) is 0 Å². The summed E-state index contributed by atoms with van der Waals surface area (Å²) in [5.41, 5.74) is 8.35. The summed E-state index contributed by atoms with van der Waals surface area (Å²) < 4.78 is 17.9. The van der Waals surface area contributed by atoms with E-state index in [2.05, 4.69) is 20.6 Å². The molecule has 0 spiro atoms. The molecular formula is C23H23ClN6O4. The van der Waals surface area contributed by atoms with Crippen LogP contribution in [0.4, 0.5) is 5.82 Å². The molecule has 1 amide bonds. The largest absolute Gasteiger partial charge is 0.497 e. The van der Waals surface area contributed by atoms with Crippen LogP contribution in [0.1, 0.15) is 27.5 Å². The van der Waals surface area contributed by atoms with Crippen LogP contribution >= 0.6 is 11.6 Å². The number of carbonyl (C=O) groups excluding carboxylic acids is 1. The van der Waals surface area contributed by atoms with Gasteiger partial charge in [-0.3, -0.25) is 4.79 Å². The van der Waals surface area contributed by atoms with Gasteiger partial charge in [-0.1, -0.05) is 28.9 Å². The molecule has 2 aromatic heterocycles. The first kappa shape index (κ1) is 23.1. The molecule has 0 atom stereocenters. The number of oxazole rings is 1. The van der Waals surface area contributed by atoms with Crippen LogP contribution in [0.15, 0.2) is 46.9 Å². The van der Waals surface area contributed by atoms with E-state index < -0.39 is 5.91 Å². The van der Waals surface area contributed by atoms with Crippen LogP contribution in [0.5, 0.6) is 11.5 Å². The third-order valence-corrected chi connectivity index (χ3v) is 5.44. The number of benzene rings is 2. The van der Waals surface area contributed by atoms with Gasteiger partial charge in [-0.05, 0) is 36.8 Å². The fourth-order valence-corrected chi connectivity index (χ4v) is 3.40. The molecule has 11 heteroatoms. The van der Waals surface area contributed by atoms with Crippen LogP contribution in [0.2, 0.25) is 5.02 Å². The number of ether oxygens (including phenoxy) is 2. The number of aryl methyl sites for hydroxylation is 1. The first-order valence-electron chi connectivity index (χ1n) is 10.3. The fraction of sp³-hybridized carbons (Fsp3) is 0.217. The molecule has 0 saturated carbocycles. The standard InChI is InChI=1S/C23H23ClN6O4/c1-13-18(27-23(34-13)17-9-8-16(32-2)10-19(17)33-3)12-30-21(25)20(28-29-30)22(31)26-11-14-4-6-15(24)7-5-14/h4-10H,11-12,25H2,1-3H3,(H,26,31). The van der Waals surface area contributed by atoms with Gasteiger partial charge >= 0.3 is 0 Å². The molecule has 0 radical (unpaired) electrons. The highest BCUT2D eigenvalue weighted by atomic mass is 35.5. The summed E-state index contributed by atoms with van der Waals surface area (Å²) in [5.74, 6) is 1.87. The molecule has 0 saturated heterocycles. The molecule has 10 nitrogen and oxygen atoms in total. The second-order valence-corrected chi connectivity index (χ2v) is 7.81. The number of nitrogens with zero attached hydrogens (tertiary/aromatic N) is 4. The smallest absolute Gasteiger partial charge is 0.275 e. The lowest BCUT2D eigenvalue weighted by Gasteiger charge is -2.07. The van der Waals surface area contributed by atoms with Gasteiger partial charge in [0.15, 0.2) is 11.5 Å². The zero-order valence-corrected chi connectivity index (χ0v) is 19.6. The fourth-order valence-electron chi connectivity index (χ4n) is 3.27.